The molecule has 0 saturated heterocycles. The van der Waals surface area contributed by atoms with Crippen LogP contribution in [0.1, 0.15) is 5.69 Å². The van der Waals surface area contributed by atoms with E-state index < -0.39 is 29.0 Å². The summed E-state index contributed by atoms with van der Waals surface area (Å²) < 4.78 is 52.3. The number of anilines is 1. The number of nitrogens with one attached hydrogen (secondary N) is 1. The summed E-state index contributed by atoms with van der Waals surface area (Å²) in [6, 6.07) is 0.151. The number of hydrogen-bond acceptors (Lipinski definition) is 3. The molecule has 0 aliphatic carbocycles. The van der Waals surface area contributed by atoms with Crippen molar-refractivity contribution in [3.63, 3.8) is 0 Å². The molecule has 1 aromatic carbocycles. The topological polar surface area (TPSA) is 37.8 Å². The predicted molar refractivity (Wildman–Crippen MR) is 55.6 cm³/mol. The summed E-state index contributed by atoms with van der Waals surface area (Å²) in [4.78, 5) is 7.58. The number of benzene rings is 1. The van der Waals surface area contributed by atoms with E-state index in [-0.39, 0.29) is 12.6 Å². The summed E-state index contributed by atoms with van der Waals surface area (Å²) in [7, 11) is 0. The number of nitrogens with zero attached hydrogens (tertiary/aromatic N) is 2. The Kier molecular flexibility index (Phi) is 3.40. The molecule has 0 amide bonds. The lowest BCUT2D eigenvalue weighted by atomic mass is 10.2. The molecular weight excluding hydrogens is 250 g/mol. The number of aromatic nitrogens is 2. The molecule has 1 aromatic heterocycles. The van der Waals surface area contributed by atoms with Crippen LogP contribution < -0.4 is 5.32 Å². The van der Waals surface area contributed by atoms with Crippen molar-refractivity contribution in [2.24, 2.45) is 0 Å². The van der Waals surface area contributed by atoms with Gasteiger partial charge < -0.3 is 5.32 Å². The van der Waals surface area contributed by atoms with Crippen LogP contribution >= 0.6 is 0 Å². The van der Waals surface area contributed by atoms with Gasteiger partial charge in [-0.2, -0.15) is 0 Å². The van der Waals surface area contributed by atoms with Crippen molar-refractivity contribution >= 4 is 5.69 Å². The van der Waals surface area contributed by atoms with Gasteiger partial charge in [-0.3, -0.25) is 9.97 Å². The second-order valence-corrected chi connectivity index (χ2v) is 3.39. The van der Waals surface area contributed by atoms with Gasteiger partial charge in [0.15, 0.2) is 23.3 Å². The Morgan fingerprint density at radius 3 is 2.22 bits per heavy atom. The number of rotatable bonds is 3. The maximum Gasteiger partial charge on any atom is 0.185 e. The first kappa shape index (κ1) is 12.3. The summed E-state index contributed by atoms with van der Waals surface area (Å²) in [6.45, 7) is -0.107. The van der Waals surface area contributed by atoms with Crippen molar-refractivity contribution in [3.8, 4) is 0 Å². The van der Waals surface area contributed by atoms with E-state index in [1.807, 2.05) is 0 Å². The molecule has 7 heteroatoms. The average Bonchev–Trinajstić information content (AvgIpc) is 2.38. The molecule has 0 saturated carbocycles. The van der Waals surface area contributed by atoms with Gasteiger partial charge in [0.25, 0.3) is 0 Å². The van der Waals surface area contributed by atoms with Crippen molar-refractivity contribution < 1.29 is 17.6 Å². The van der Waals surface area contributed by atoms with Gasteiger partial charge in [-0.15, -0.1) is 0 Å². The van der Waals surface area contributed by atoms with Gasteiger partial charge in [-0.25, -0.2) is 17.6 Å². The first-order valence-electron chi connectivity index (χ1n) is 4.91. The van der Waals surface area contributed by atoms with E-state index in [1.54, 1.807) is 0 Å². The van der Waals surface area contributed by atoms with Gasteiger partial charge >= 0.3 is 0 Å². The summed E-state index contributed by atoms with van der Waals surface area (Å²) >= 11 is 0. The largest absolute Gasteiger partial charge is 0.374 e. The van der Waals surface area contributed by atoms with Gasteiger partial charge in [0, 0.05) is 18.5 Å². The van der Waals surface area contributed by atoms with Crippen LogP contribution in [0.5, 0.6) is 0 Å². The first-order valence-corrected chi connectivity index (χ1v) is 4.91. The minimum atomic E-state index is -1.47. The van der Waals surface area contributed by atoms with E-state index in [1.165, 1.54) is 18.6 Å². The highest BCUT2D eigenvalue weighted by Gasteiger charge is 2.18. The standard InChI is InChI=1S/C11H7F4N3/c12-7-3-8(13)10(15)11(9(7)14)18-5-6-4-16-1-2-17-6/h1-4,18H,5H2. The van der Waals surface area contributed by atoms with Crippen LogP contribution in [-0.2, 0) is 6.54 Å². The van der Waals surface area contributed by atoms with E-state index >= 15 is 0 Å². The van der Waals surface area contributed by atoms with Crippen LogP contribution in [0.25, 0.3) is 0 Å². The van der Waals surface area contributed by atoms with Crippen LogP contribution in [0, 0.1) is 23.3 Å². The quantitative estimate of drug-likeness (QED) is 0.678. The molecule has 0 fully saturated rings. The second kappa shape index (κ2) is 4.99. The molecule has 1 N–H and O–H groups in total. The second-order valence-electron chi connectivity index (χ2n) is 3.39. The summed E-state index contributed by atoms with van der Waals surface area (Å²) in [6.07, 6.45) is 4.17. The molecule has 94 valence electrons. The maximum atomic E-state index is 13.3. The van der Waals surface area contributed by atoms with E-state index in [2.05, 4.69) is 15.3 Å². The molecule has 0 atom stereocenters. The lowest BCUT2D eigenvalue weighted by Gasteiger charge is -2.09. The third-order valence-corrected chi connectivity index (χ3v) is 2.17. The highest BCUT2D eigenvalue weighted by molar-refractivity contribution is 5.47. The molecule has 0 radical (unpaired) electrons. The van der Waals surface area contributed by atoms with E-state index in [9.17, 15) is 17.6 Å². The zero-order valence-corrected chi connectivity index (χ0v) is 8.92. The van der Waals surface area contributed by atoms with Crippen molar-refractivity contribution in [1.82, 2.24) is 9.97 Å². The molecule has 0 bridgehead atoms. The number of halogens is 4. The van der Waals surface area contributed by atoms with Gasteiger partial charge in [0.05, 0.1) is 18.4 Å². The van der Waals surface area contributed by atoms with Crippen LogP contribution in [0.15, 0.2) is 24.7 Å². The normalized spacial score (nSPS) is 10.4. The van der Waals surface area contributed by atoms with Crippen molar-refractivity contribution in [2.45, 2.75) is 6.54 Å². The highest BCUT2D eigenvalue weighted by Crippen LogP contribution is 2.24. The maximum absolute atomic E-state index is 13.3. The fourth-order valence-electron chi connectivity index (χ4n) is 1.33. The lowest BCUT2D eigenvalue weighted by Crippen LogP contribution is -2.08. The Balaban J connectivity index is 2.24. The van der Waals surface area contributed by atoms with E-state index in [4.69, 9.17) is 0 Å². The molecule has 0 aliphatic rings. The fourth-order valence-corrected chi connectivity index (χ4v) is 1.33. The van der Waals surface area contributed by atoms with Crippen molar-refractivity contribution in [1.29, 1.82) is 0 Å². The lowest BCUT2D eigenvalue weighted by molar-refractivity contribution is 0.458. The summed E-state index contributed by atoms with van der Waals surface area (Å²) in [5.74, 6) is -5.87. The Bertz CT molecular complexity index is 534. The Hall–Kier alpha value is -2.18. The van der Waals surface area contributed by atoms with Crippen LogP contribution in [0.3, 0.4) is 0 Å². The molecular formula is C11H7F4N3. The van der Waals surface area contributed by atoms with Crippen molar-refractivity contribution in [2.75, 3.05) is 5.32 Å². The molecule has 0 aliphatic heterocycles. The van der Waals surface area contributed by atoms with Gasteiger partial charge in [0.2, 0.25) is 0 Å². The molecule has 2 aromatic rings. The van der Waals surface area contributed by atoms with Gasteiger partial charge in [-0.1, -0.05) is 0 Å². The fraction of sp³-hybridized carbons (Fsp3) is 0.0909. The molecule has 3 nitrogen and oxygen atoms in total. The SMILES string of the molecule is Fc1cc(F)c(F)c(NCc2cnccn2)c1F. The van der Waals surface area contributed by atoms with Gasteiger partial charge in [0.1, 0.15) is 5.69 Å². The molecule has 2 rings (SSSR count). The van der Waals surface area contributed by atoms with Crippen molar-refractivity contribution in [3.05, 3.63) is 53.6 Å². The van der Waals surface area contributed by atoms with Crippen LogP contribution in [0.4, 0.5) is 23.2 Å². The van der Waals surface area contributed by atoms with E-state index in [0.29, 0.717) is 5.69 Å². The summed E-state index contributed by atoms with van der Waals surface area (Å²) in [5.41, 5.74) is -0.487. The zero-order chi connectivity index (χ0) is 13.1. The van der Waals surface area contributed by atoms with Gasteiger partial charge in [-0.05, 0) is 0 Å². The number of hydrogen-bond donors (Lipinski definition) is 1. The third-order valence-electron chi connectivity index (χ3n) is 2.17. The average molecular weight is 257 g/mol. The molecule has 0 spiro atoms. The summed E-state index contributed by atoms with van der Waals surface area (Å²) in [5, 5.41) is 2.25. The minimum absolute atomic E-state index is 0.107. The monoisotopic (exact) mass is 257 g/mol. The molecule has 18 heavy (non-hydrogen) atoms. The first-order chi connectivity index (χ1) is 8.59. The Morgan fingerprint density at radius 2 is 1.67 bits per heavy atom. The van der Waals surface area contributed by atoms with E-state index in [0.717, 1.165) is 0 Å². The van der Waals surface area contributed by atoms with Crippen LogP contribution in [-0.4, -0.2) is 9.97 Å². The minimum Gasteiger partial charge on any atom is -0.374 e. The molecule has 1 heterocycles. The third kappa shape index (κ3) is 2.39. The van der Waals surface area contributed by atoms with Crippen LogP contribution in [0.2, 0.25) is 0 Å². The highest BCUT2D eigenvalue weighted by atomic mass is 19.2. The smallest absolute Gasteiger partial charge is 0.185 e. The Labute approximate surface area is 99.5 Å². The zero-order valence-electron chi connectivity index (χ0n) is 8.92. The predicted octanol–water partition coefficient (Wildman–Crippen LogP) is 2.65. The Morgan fingerprint density at radius 1 is 1.00 bits per heavy atom. The molecule has 0 unspecified atom stereocenters.